The Morgan fingerprint density at radius 3 is 2.47 bits per heavy atom. The van der Waals surface area contributed by atoms with E-state index < -0.39 is 5.54 Å². The number of amides is 2. The standard InChI is InChI=1S/C26H28FN7O2/c1-16(2)19-13-20(17-5-7-18(27)8-6-17)31-34-14-21(30-23(19)34)24(35)33-12-11-32(15-26(33,3)4)25(36)22-28-9-10-29-22/h5-9,13-14,16H,10-12,15H2,1-4H3. The third-order valence-corrected chi connectivity index (χ3v) is 6.60. The summed E-state index contributed by atoms with van der Waals surface area (Å²) in [5, 5.41) is 4.66. The molecule has 0 spiro atoms. The van der Waals surface area contributed by atoms with Crippen molar-refractivity contribution < 1.29 is 14.0 Å². The molecule has 4 heterocycles. The van der Waals surface area contributed by atoms with Crippen LogP contribution in [-0.4, -0.2) is 80.0 Å². The highest BCUT2D eigenvalue weighted by Gasteiger charge is 2.40. The Bertz CT molecular complexity index is 1410. The van der Waals surface area contributed by atoms with E-state index in [2.05, 4.69) is 33.9 Å². The number of carbonyl (C=O) groups is 2. The lowest BCUT2D eigenvalue weighted by atomic mass is 9.98. The molecular weight excluding hydrogens is 461 g/mol. The normalized spacial score (nSPS) is 17.2. The number of benzene rings is 1. The molecule has 2 aliphatic heterocycles. The summed E-state index contributed by atoms with van der Waals surface area (Å²) in [5.41, 5.74) is 2.68. The highest BCUT2D eigenvalue weighted by Crippen LogP contribution is 2.28. The molecule has 2 amide bonds. The van der Waals surface area contributed by atoms with Crippen LogP contribution in [0.25, 0.3) is 16.9 Å². The van der Waals surface area contributed by atoms with Crippen LogP contribution in [-0.2, 0) is 4.79 Å². The van der Waals surface area contributed by atoms with Crippen LogP contribution in [0.4, 0.5) is 4.39 Å². The number of carbonyl (C=O) groups excluding carboxylic acids is 2. The Balaban J connectivity index is 1.44. The average molecular weight is 490 g/mol. The Morgan fingerprint density at radius 2 is 1.83 bits per heavy atom. The third kappa shape index (κ3) is 4.27. The van der Waals surface area contributed by atoms with Gasteiger partial charge in [-0.1, -0.05) is 13.8 Å². The summed E-state index contributed by atoms with van der Waals surface area (Å²) in [6, 6.07) is 8.11. The van der Waals surface area contributed by atoms with Crippen LogP contribution in [0.2, 0.25) is 0 Å². The quantitative estimate of drug-likeness (QED) is 0.562. The number of hydrogen-bond donors (Lipinski definition) is 0. The molecule has 1 aromatic carbocycles. The molecular formula is C26H28FN7O2. The van der Waals surface area contributed by atoms with Gasteiger partial charge in [0, 0.05) is 37.0 Å². The smallest absolute Gasteiger partial charge is 0.291 e. The van der Waals surface area contributed by atoms with Crippen molar-refractivity contribution in [3.8, 4) is 11.3 Å². The molecule has 1 saturated heterocycles. The van der Waals surface area contributed by atoms with Crippen LogP contribution in [0, 0.1) is 5.82 Å². The zero-order valence-corrected chi connectivity index (χ0v) is 20.8. The first-order valence-electron chi connectivity index (χ1n) is 12.0. The summed E-state index contributed by atoms with van der Waals surface area (Å²) in [7, 11) is 0. The largest absolute Gasteiger partial charge is 0.332 e. The molecule has 2 aromatic heterocycles. The van der Waals surface area contributed by atoms with Gasteiger partial charge < -0.3 is 9.80 Å². The second kappa shape index (κ2) is 8.92. The fourth-order valence-corrected chi connectivity index (χ4v) is 4.69. The molecule has 0 saturated carbocycles. The number of imidazole rings is 1. The fourth-order valence-electron chi connectivity index (χ4n) is 4.69. The molecule has 0 unspecified atom stereocenters. The molecule has 9 nitrogen and oxygen atoms in total. The number of amidine groups is 1. The Kier molecular flexibility index (Phi) is 5.89. The lowest BCUT2D eigenvalue weighted by molar-refractivity contribution is -0.128. The van der Waals surface area contributed by atoms with Crippen LogP contribution in [0.1, 0.15) is 49.7 Å². The molecule has 0 bridgehead atoms. The highest BCUT2D eigenvalue weighted by atomic mass is 19.1. The molecule has 3 aromatic rings. The zero-order chi connectivity index (χ0) is 25.6. The highest BCUT2D eigenvalue weighted by molar-refractivity contribution is 6.40. The molecule has 10 heteroatoms. The van der Waals surface area contributed by atoms with Gasteiger partial charge in [-0.25, -0.2) is 18.9 Å². The SMILES string of the molecule is CC(C)c1cc(-c2ccc(F)cc2)nn2cc(C(=O)N3CCN(C(=O)C4=NCC=N4)CC3(C)C)nc12. The number of rotatable bonds is 4. The van der Waals surface area contributed by atoms with Crippen molar-refractivity contribution in [3.63, 3.8) is 0 Å². The van der Waals surface area contributed by atoms with Crippen LogP contribution >= 0.6 is 0 Å². The summed E-state index contributed by atoms with van der Waals surface area (Å²) in [5.74, 6) is -0.391. The van der Waals surface area contributed by atoms with E-state index >= 15 is 0 Å². The second-order valence-electron chi connectivity index (χ2n) is 10.0. The van der Waals surface area contributed by atoms with Crippen LogP contribution in [0.5, 0.6) is 0 Å². The van der Waals surface area contributed by atoms with E-state index in [0.717, 1.165) is 11.1 Å². The van der Waals surface area contributed by atoms with Gasteiger partial charge in [-0.2, -0.15) is 5.10 Å². The van der Waals surface area contributed by atoms with Gasteiger partial charge >= 0.3 is 0 Å². The van der Waals surface area contributed by atoms with Gasteiger partial charge in [0.15, 0.2) is 5.65 Å². The van der Waals surface area contributed by atoms with Crippen molar-refractivity contribution in [1.82, 2.24) is 24.4 Å². The van der Waals surface area contributed by atoms with Crippen LogP contribution in [0.3, 0.4) is 0 Å². The number of nitrogens with zero attached hydrogens (tertiary/aromatic N) is 7. The first kappa shape index (κ1) is 23.8. The molecule has 0 radical (unpaired) electrons. The van der Waals surface area contributed by atoms with Gasteiger partial charge in [0.2, 0.25) is 5.84 Å². The van der Waals surface area contributed by atoms with E-state index in [4.69, 9.17) is 0 Å². The van der Waals surface area contributed by atoms with Gasteiger partial charge in [-0.15, -0.1) is 0 Å². The van der Waals surface area contributed by atoms with Crippen molar-refractivity contribution >= 4 is 29.5 Å². The Morgan fingerprint density at radius 1 is 1.08 bits per heavy atom. The molecule has 36 heavy (non-hydrogen) atoms. The van der Waals surface area contributed by atoms with Gasteiger partial charge in [-0.05, 0) is 50.1 Å². The van der Waals surface area contributed by atoms with Gasteiger partial charge in [0.05, 0.1) is 24.0 Å². The van der Waals surface area contributed by atoms with Crippen molar-refractivity contribution in [2.45, 2.75) is 39.2 Å². The van der Waals surface area contributed by atoms with E-state index in [1.165, 1.54) is 12.1 Å². The number of aliphatic imine (C=N–C) groups is 2. The zero-order valence-electron chi connectivity index (χ0n) is 20.8. The van der Waals surface area contributed by atoms with Crippen molar-refractivity contribution in [3.05, 3.63) is 53.6 Å². The first-order chi connectivity index (χ1) is 17.1. The molecule has 0 atom stereocenters. The second-order valence-corrected chi connectivity index (χ2v) is 10.0. The Hall–Kier alpha value is -3.95. The maximum absolute atomic E-state index is 13.6. The molecule has 2 aliphatic rings. The van der Waals surface area contributed by atoms with E-state index in [0.29, 0.717) is 43.2 Å². The minimum Gasteiger partial charge on any atom is -0.332 e. The predicted molar refractivity (Wildman–Crippen MR) is 135 cm³/mol. The molecule has 0 aliphatic carbocycles. The summed E-state index contributed by atoms with van der Waals surface area (Å²) in [4.78, 5) is 42.7. The number of piperazine rings is 1. The van der Waals surface area contributed by atoms with Crippen molar-refractivity contribution in [2.75, 3.05) is 26.2 Å². The predicted octanol–water partition coefficient (Wildman–Crippen LogP) is 3.20. The maximum atomic E-state index is 13.6. The number of hydrogen-bond acceptors (Lipinski definition) is 6. The lowest BCUT2D eigenvalue weighted by Gasteiger charge is -2.46. The minimum absolute atomic E-state index is 0.132. The lowest BCUT2D eigenvalue weighted by Crippen LogP contribution is -2.62. The number of aromatic nitrogens is 3. The third-order valence-electron chi connectivity index (χ3n) is 6.60. The monoisotopic (exact) mass is 489 g/mol. The van der Waals surface area contributed by atoms with Crippen LogP contribution < -0.4 is 0 Å². The maximum Gasteiger partial charge on any atom is 0.291 e. The molecule has 1 fully saturated rings. The molecule has 5 rings (SSSR count). The van der Waals surface area contributed by atoms with E-state index in [-0.39, 0.29) is 29.4 Å². The van der Waals surface area contributed by atoms with Gasteiger partial charge in [0.1, 0.15) is 11.5 Å². The first-order valence-corrected chi connectivity index (χ1v) is 12.0. The van der Waals surface area contributed by atoms with E-state index in [1.54, 1.807) is 38.9 Å². The number of fused-ring (bicyclic) bond motifs is 1. The summed E-state index contributed by atoms with van der Waals surface area (Å²) in [6.07, 6.45) is 3.26. The van der Waals surface area contributed by atoms with E-state index in [9.17, 15) is 14.0 Å². The summed E-state index contributed by atoms with van der Waals surface area (Å²) >= 11 is 0. The summed E-state index contributed by atoms with van der Waals surface area (Å²) < 4.78 is 15.1. The molecule has 186 valence electrons. The topological polar surface area (TPSA) is 95.5 Å². The Labute approximate surface area is 208 Å². The van der Waals surface area contributed by atoms with Crippen LogP contribution in [0.15, 0.2) is 46.5 Å². The van der Waals surface area contributed by atoms with Gasteiger partial charge in [0.25, 0.3) is 11.8 Å². The molecule has 0 N–H and O–H groups in total. The summed E-state index contributed by atoms with van der Waals surface area (Å²) in [6.45, 7) is 9.52. The van der Waals surface area contributed by atoms with E-state index in [1.807, 2.05) is 19.9 Å². The fraction of sp³-hybridized carbons (Fsp3) is 0.385. The van der Waals surface area contributed by atoms with Crippen molar-refractivity contribution in [2.24, 2.45) is 9.98 Å². The van der Waals surface area contributed by atoms with Crippen molar-refractivity contribution in [1.29, 1.82) is 0 Å². The average Bonchev–Trinajstić information content (AvgIpc) is 3.52. The minimum atomic E-state index is -0.614. The van der Waals surface area contributed by atoms with Gasteiger partial charge in [-0.3, -0.25) is 14.6 Å². The number of halogens is 1.